The molecule has 0 bridgehead atoms. The molecule has 0 saturated carbocycles. The molecule has 0 aromatic rings. The van der Waals surface area contributed by atoms with E-state index in [9.17, 15) is 0 Å². The third-order valence-electron chi connectivity index (χ3n) is 0.528. The summed E-state index contributed by atoms with van der Waals surface area (Å²) in [6.45, 7) is 0.807. The van der Waals surface area contributed by atoms with E-state index in [1.807, 2.05) is 11.1 Å². The fourth-order valence-electron chi connectivity index (χ4n) is 0.261. The Hall–Kier alpha value is -0.240. The Morgan fingerprint density at radius 2 is 2.44 bits per heavy atom. The number of hydrazine groups is 2. The molecule has 5 N–H and O–H groups in total. The van der Waals surface area contributed by atoms with Crippen molar-refractivity contribution in [2.45, 2.75) is 13.4 Å². The zero-order valence-corrected chi connectivity index (χ0v) is 5.13. The number of aliphatic hydroxyl groups excluding tert-OH is 1. The molecule has 0 saturated heterocycles. The summed E-state index contributed by atoms with van der Waals surface area (Å²) in [5.74, 6) is 4.72. The second kappa shape index (κ2) is 5.89. The zero-order chi connectivity index (χ0) is 7.11. The smallest absolute Gasteiger partial charge is 0.287 e. The van der Waals surface area contributed by atoms with E-state index in [2.05, 4.69) is 9.57 Å². The molecule has 9 heavy (non-hydrogen) atoms. The highest BCUT2D eigenvalue weighted by atomic mass is 16.9. The molecule has 0 aliphatic rings. The molecule has 6 heteroatoms. The molecule has 0 heterocycles. The topological polar surface area (TPSA) is 88.8 Å². The minimum atomic E-state index is -1.29. The lowest BCUT2D eigenvalue weighted by atomic mass is 10.9. The fourth-order valence-corrected chi connectivity index (χ4v) is 0.261. The first kappa shape index (κ1) is 8.76. The van der Waals surface area contributed by atoms with Crippen molar-refractivity contribution in [3.8, 4) is 0 Å². The Labute approximate surface area is 52.8 Å². The monoisotopic (exact) mass is 137 g/mol. The van der Waals surface area contributed by atoms with Crippen LogP contribution in [0.5, 0.6) is 0 Å². The summed E-state index contributed by atoms with van der Waals surface area (Å²) in [6, 6.07) is 0. The first-order valence-corrected chi connectivity index (χ1v) is 2.47. The molecule has 0 fully saturated rings. The lowest BCUT2D eigenvalue weighted by molar-refractivity contribution is -0.294. The van der Waals surface area contributed by atoms with Gasteiger partial charge in [-0.1, -0.05) is 0 Å². The van der Waals surface area contributed by atoms with Crippen molar-refractivity contribution in [1.29, 1.82) is 0 Å². The van der Waals surface area contributed by atoms with Crippen LogP contribution in [0.2, 0.25) is 0 Å². The van der Waals surface area contributed by atoms with E-state index < -0.39 is 6.48 Å². The van der Waals surface area contributed by atoms with Crippen LogP contribution >= 0.6 is 0 Å². The highest BCUT2D eigenvalue weighted by Gasteiger charge is 1.99. The van der Waals surface area contributed by atoms with Crippen molar-refractivity contribution >= 4 is 0 Å². The second-order valence-corrected chi connectivity index (χ2v) is 1.13. The lowest BCUT2D eigenvalue weighted by Crippen LogP contribution is -2.41. The number of nitrogens with two attached hydrogens (primary N) is 1. The Kier molecular flexibility index (Phi) is 5.73. The number of hydrogen-bond acceptors (Lipinski definition) is 6. The molecule has 0 aromatic carbocycles. The predicted octanol–water partition coefficient (Wildman–Crippen LogP) is -1.80. The number of ether oxygens (including phenoxy) is 1. The third kappa shape index (κ3) is 5.63. The minimum absolute atomic E-state index is 0.368. The van der Waals surface area contributed by atoms with Gasteiger partial charge in [0, 0.05) is 6.61 Å². The second-order valence-electron chi connectivity index (χ2n) is 1.13. The zero-order valence-electron chi connectivity index (χ0n) is 5.13. The normalized spacial score (nSPS) is 13.7. The summed E-state index contributed by atoms with van der Waals surface area (Å²) >= 11 is 0. The van der Waals surface area contributed by atoms with Gasteiger partial charge in [0.2, 0.25) is 0 Å². The summed E-state index contributed by atoms with van der Waals surface area (Å²) in [5.41, 5.74) is 3.93. The molecule has 6 nitrogen and oxygen atoms in total. The number of hydrogen-bond donors (Lipinski definition) is 4. The van der Waals surface area contributed by atoms with Crippen LogP contribution in [0.15, 0.2) is 0 Å². The molecule has 0 rings (SSSR count). The Morgan fingerprint density at radius 1 is 1.78 bits per heavy atom. The molecule has 1 unspecified atom stereocenters. The van der Waals surface area contributed by atoms with Gasteiger partial charge in [0.25, 0.3) is 6.48 Å². The highest BCUT2D eigenvalue weighted by molar-refractivity contribution is 4.11. The van der Waals surface area contributed by atoms with E-state index in [0.717, 1.165) is 0 Å². The van der Waals surface area contributed by atoms with Gasteiger partial charge in [-0.25, -0.2) is 4.84 Å². The van der Waals surface area contributed by atoms with Crippen LogP contribution in [0.3, 0.4) is 0 Å². The van der Waals surface area contributed by atoms with Crippen LogP contribution in [0, 0.1) is 0 Å². The van der Waals surface area contributed by atoms with Crippen LogP contribution in [0.25, 0.3) is 0 Å². The van der Waals surface area contributed by atoms with E-state index in [4.69, 9.17) is 10.9 Å². The molecule has 0 aliphatic carbocycles. The van der Waals surface area contributed by atoms with Gasteiger partial charge in [-0.15, -0.1) is 5.59 Å². The molecule has 0 radical (unpaired) electrons. The SMILES string of the molecule is CCOC(O)ONNN. The first-order chi connectivity index (χ1) is 4.31. The van der Waals surface area contributed by atoms with Gasteiger partial charge in [0.1, 0.15) is 0 Å². The Bertz CT molecular complexity index is 62.3. The summed E-state index contributed by atoms with van der Waals surface area (Å²) in [4.78, 5) is 4.28. The molecule has 0 aromatic heterocycles. The van der Waals surface area contributed by atoms with Crippen LogP contribution in [0.1, 0.15) is 6.92 Å². The first-order valence-electron chi connectivity index (χ1n) is 2.47. The van der Waals surface area contributed by atoms with E-state index >= 15 is 0 Å². The van der Waals surface area contributed by atoms with Gasteiger partial charge < -0.3 is 9.84 Å². The van der Waals surface area contributed by atoms with E-state index in [1.165, 1.54) is 0 Å². The molecular weight excluding hydrogens is 126 g/mol. The standard InChI is InChI=1S/C3H11N3O3/c1-2-8-3(7)9-6-5-4/h3,5-7H,2,4H2,1H3. The largest absolute Gasteiger partial charge is 0.345 e. The van der Waals surface area contributed by atoms with Crippen LogP contribution in [-0.4, -0.2) is 18.2 Å². The highest BCUT2D eigenvalue weighted by Crippen LogP contribution is 1.82. The van der Waals surface area contributed by atoms with Gasteiger partial charge >= 0.3 is 0 Å². The number of rotatable bonds is 5. The van der Waals surface area contributed by atoms with Crippen molar-refractivity contribution in [1.82, 2.24) is 11.1 Å². The van der Waals surface area contributed by atoms with Crippen molar-refractivity contribution in [3.05, 3.63) is 0 Å². The van der Waals surface area contributed by atoms with E-state index in [1.54, 1.807) is 6.92 Å². The maximum absolute atomic E-state index is 8.58. The third-order valence-corrected chi connectivity index (χ3v) is 0.528. The molecular formula is C3H11N3O3. The van der Waals surface area contributed by atoms with E-state index in [-0.39, 0.29) is 0 Å². The van der Waals surface area contributed by atoms with Crippen LogP contribution < -0.4 is 17.0 Å². The fraction of sp³-hybridized carbons (Fsp3) is 1.00. The summed E-state index contributed by atoms with van der Waals surface area (Å²) in [7, 11) is 0. The van der Waals surface area contributed by atoms with E-state index in [0.29, 0.717) is 6.61 Å². The quantitative estimate of drug-likeness (QED) is 0.203. The summed E-state index contributed by atoms with van der Waals surface area (Å²) < 4.78 is 4.52. The average molecular weight is 137 g/mol. The summed E-state index contributed by atoms with van der Waals surface area (Å²) in [5, 5.41) is 8.58. The molecule has 1 atom stereocenters. The maximum Gasteiger partial charge on any atom is 0.287 e. The predicted molar refractivity (Wildman–Crippen MR) is 29.2 cm³/mol. The van der Waals surface area contributed by atoms with Gasteiger partial charge in [0.15, 0.2) is 0 Å². The van der Waals surface area contributed by atoms with Crippen molar-refractivity contribution in [2.75, 3.05) is 6.61 Å². The van der Waals surface area contributed by atoms with Gasteiger partial charge in [0.05, 0.1) is 0 Å². The number of nitrogens with one attached hydrogen (secondary N) is 2. The molecule has 56 valence electrons. The minimum Gasteiger partial charge on any atom is -0.345 e. The van der Waals surface area contributed by atoms with Gasteiger partial charge in [-0.2, -0.15) is 5.53 Å². The Balaban J connectivity index is 2.95. The average Bonchev–Trinajstić information content (AvgIpc) is 1.85. The summed E-state index contributed by atoms with van der Waals surface area (Å²) in [6.07, 6.45) is 0. The molecule has 0 aliphatic heterocycles. The molecule has 0 spiro atoms. The maximum atomic E-state index is 8.58. The van der Waals surface area contributed by atoms with Crippen molar-refractivity contribution in [2.24, 2.45) is 5.84 Å². The van der Waals surface area contributed by atoms with Crippen molar-refractivity contribution in [3.63, 3.8) is 0 Å². The van der Waals surface area contributed by atoms with Gasteiger partial charge in [-0.05, 0) is 6.92 Å². The number of aliphatic hydroxyl groups is 1. The Morgan fingerprint density at radius 3 is 2.89 bits per heavy atom. The molecule has 0 amide bonds. The lowest BCUT2D eigenvalue weighted by Gasteiger charge is -2.09. The van der Waals surface area contributed by atoms with Crippen LogP contribution in [0.4, 0.5) is 0 Å². The van der Waals surface area contributed by atoms with Crippen LogP contribution in [-0.2, 0) is 9.57 Å². The van der Waals surface area contributed by atoms with Crippen molar-refractivity contribution < 1.29 is 14.7 Å². The van der Waals surface area contributed by atoms with Gasteiger partial charge in [-0.3, -0.25) is 5.84 Å².